The first kappa shape index (κ1) is 11.8. The number of nitrogens with zero attached hydrogens (tertiary/aromatic N) is 1. The normalized spacial score (nSPS) is 11.4. The van der Waals surface area contributed by atoms with Crippen LogP contribution in [0.5, 0.6) is 0 Å². The lowest BCUT2D eigenvalue weighted by Gasteiger charge is -2.01. The van der Waals surface area contributed by atoms with Gasteiger partial charge in [0.2, 0.25) is 0 Å². The highest BCUT2D eigenvalue weighted by atomic mass is 14.8. The fraction of sp³-hybridized carbons (Fsp3) is 0.267. The number of fused-ring (bicyclic) bond motifs is 1. The van der Waals surface area contributed by atoms with Crippen LogP contribution in [0.15, 0.2) is 42.7 Å². The second kappa shape index (κ2) is 6.16. The first-order valence-corrected chi connectivity index (χ1v) is 6.12. The maximum atomic E-state index is 4.26. The molecule has 0 aliphatic heterocycles. The Morgan fingerprint density at radius 1 is 1.24 bits per heavy atom. The van der Waals surface area contributed by atoms with Gasteiger partial charge in [0.25, 0.3) is 0 Å². The summed E-state index contributed by atoms with van der Waals surface area (Å²) in [5.41, 5.74) is 1.19. The molecule has 2 aromatic rings. The summed E-state index contributed by atoms with van der Waals surface area (Å²) in [5, 5.41) is 5.77. The monoisotopic (exact) mass is 226 g/mol. The van der Waals surface area contributed by atoms with E-state index in [1.807, 2.05) is 18.5 Å². The Morgan fingerprint density at radius 3 is 3.00 bits per heavy atom. The van der Waals surface area contributed by atoms with E-state index in [4.69, 9.17) is 0 Å². The molecule has 0 saturated heterocycles. The van der Waals surface area contributed by atoms with Crippen molar-refractivity contribution < 1.29 is 0 Å². The Labute approximate surface area is 102 Å². The third-order valence-electron chi connectivity index (χ3n) is 2.73. The smallest absolute Gasteiger partial charge is 0.0346 e. The van der Waals surface area contributed by atoms with Crippen molar-refractivity contribution in [3.8, 4) is 0 Å². The number of hydrogen-bond donors (Lipinski definition) is 1. The van der Waals surface area contributed by atoms with Gasteiger partial charge >= 0.3 is 0 Å². The zero-order valence-electron chi connectivity index (χ0n) is 10.2. The van der Waals surface area contributed by atoms with Gasteiger partial charge in [-0.15, -0.1) is 0 Å². The zero-order valence-corrected chi connectivity index (χ0v) is 10.2. The van der Waals surface area contributed by atoms with Crippen molar-refractivity contribution in [2.24, 2.45) is 0 Å². The average molecular weight is 226 g/mol. The summed E-state index contributed by atoms with van der Waals surface area (Å²) >= 11 is 0. The zero-order chi connectivity index (χ0) is 11.9. The van der Waals surface area contributed by atoms with Gasteiger partial charge in [0, 0.05) is 23.3 Å². The van der Waals surface area contributed by atoms with Gasteiger partial charge in [-0.05, 0) is 24.9 Å². The summed E-state index contributed by atoms with van der Waals surface area (Å²) in [4.78, 5) is 4.26. The molecule has 2 rings (SSSR count). The number of benzene rings is 1. The first-order chi connectivity index (χ1) is 8.42. The van der Waals surface area contributed by atoms with Crippen LogP contribution in [-0.2, 0) is 0 Å². The molecule has 0 amide bonds. The molecule has 1 N–H and O–H groups in total. The van der Waals surface area contributed by atoms with E-state index in [-0.39, 0.29) is 0 Å². The molecule has 0 fully saturated rings. The molecule has 1 aromatic carbocycles. The molecule has 0 saturated carbocycles. The molecule has 0 aliphatic carbocycles. The van der Waals surface area contributed by atoms with E-state index in [9.17, 15) is 0 Å². The lowest BCUT2D eigenvalue weighted by molar-refractivity contribution is 0.727. The predicted molar refractivity (Wildman–Crippen MR) is 73.9 cm³/mol. The first-order valence-electron chi connectivity index (χ1n) is 6.12. The summed E-state index contributed by atoms with van der Waals surface area (Å²) in [5.74, 6) is 0. The van der Waals surface area contributed by atoms with Gasteiger partial charge in [0.05, 0.1) is 0 Å². The van der Waals surface area contributed by atoms with E-state index in [0.717, 1.165) is 19.5 Å². The second-order valence-electron chi connectivity index (χ2n) is 3.99. The Morgan fingerprint density at radius 2 is 2.12 bits per heavy atom. The Bertz CT molecular complexity index is 498. The summed E-state index contributed by atoms with van der Waals surface area (Å²) in [6, 6.07) is 8.35. The lowest BCUT2D eigenvalue weighted by atomic mass is 10.1. The largest absolute Gasteiger partial charge is 0.317 e. The van der Waals surface area contributed by atoms with E-state index in [0.29, 0.717) is 0 Å². The molecule has 88 valence electrons. The molecule has 0 atom stereocenters. The van der Waals surface area contributed by atoms with Crippen molar-refractivity contribution in [1.29, 1.82) is 0 Å². The maximum absolute atomic E-state index is 4.26. The highest BCUT2D eigenvalue weighted by Crippen LogP contribution is 2.18. The van der Waals surface area contributed by atoms with Crippen LogP contribution in [0.3, 0.4) is 0 Å². The van der Waals surface area contributed by atoms with E-state index in [2.05, 4.69) is 47.6 Å². The molecule has 1 heterocycles. The van der Waals surface area contributed by atoms with Crippen molar-refractivity contribution in [1.82, 2.24) is 10.3 Å². The Hall–Kier alpha value is -1.67. The molecule has 17 heavy (non-hydrogen) atoms. The number of hydrogen-bond acceptors (Lipinski definition) is 2. The van der Waals surface area contributed by atoms with E-state index >= 15 is 0 Å². The highest BCUT2D eigenvalue weighted by Gasteiger charge is 1.96. The third-order valence-corrected chi connectivity index (χ3v) is 2.73. The molecular weight excluding hydrogens is 208 g/mol. The van der Waals surface area contributed by atoms with Crippen LogP contribution in [-0.4, -0.2) is 18.1 Å². The third kappa shape index (κ3) is 3.14. The lowest BCUT2D eigenvalue weighted by Crippen LogP contribution is -2.12. The molecule has 0 radical (unpaired) electrons. The summed E-state index contributed by atoms with van der Waals surface area (Å²) in [6.07, 6.45) is 9.24. The SMILES string of the molecule is CCNCCC=Cc1cncc2ccccc12. The number of aromatic nitrogens is 1. The number of rotatable bonds is 5. The van der Waals surface area contributed by atoms with Crippen LogP contribution in [0.25, 0.3) is 16.8 Å². The quantitative estimate of drug-likeness (QED) is 0.792. The molecule has 0 spiro atoms. The van der Waals surface area contributed by atoms with Gasteiger partial charge in [0.1, 0.15) is 0 Å². The van der Waals surface area contributed by atoms with Gasteiger partial charge in [-0.25, -0.2) is 0 Å². The van der Waals surface area contributed by atoms with Crippen LogP contribution in [0.2, 0.25) is 0 Å². The fourth-order valence-corrected chi connectivity index (χ4v) is 1.85. The van der Waals surface area contributed by atoms with Crippen molar-refractivity contribution in [3.63, 3.8) is 0 Å². The maximum Gasteiger partial charge on any atom is 0.0346 e. The van der Waals surface area contributed by atoms with E-state index in [1.165, 1.54) is 16.3 Å². The Kier molecular flexibility index (Phi) is 4.28. The van der Waals surface area contributed by atoms with Crippen LogP contribution in [0.4, 0.5) is 0 Å². The fourth-order valence-electron chi connectivity index (χ4n) is 1.85. The number of pyridine rings is 1. The van der Waals surface area contributed by atoms with Gasteiger partial charge in [-0.1, -0.05) is 43.3 Å². The van der Waals surface area contributed by atoms with Crippen LogP contribution >= 0.6 is 0 Å². The molecular formula is C15H18N2. The van der Waals surface area contributed by atoms with Crippen LogP contribution in [0.1, 0.15) is 18.9 Å². The van der Waals surface area contributed by atoms with Crippen LogP contribution < -0.4 is 5.32 Å². The van der Waals surface area contributed by atoms with Crippen molar-refractivity contribution >= 4 is 16.8 Å². The van der Waals surface area contributed by atoms with Crippen molar-refractivity contribution in [3.05, 3.63) is 48.3 Å². The highest BCUT2D eigenvalue weighted by molar-refractivity contribution is 5.89. The number of nitrogens with one attached hydrogen (secondary N) is 1. The Balaban J connectivity index is 2.13. The minimum atomic E-state index is 1.03. The molecule has 2 nitrogen and oxygen atoms in total. The molecule has 0 unspecified atom stereocenters. The second-order valence-corrected chi connectivity index (χ2v) is 3.99. The van der Waals surface area contributed by atoms with Gasteiger partial charge in [-0.2, -0.15) is 0 Å². The molecule has 1 aromatic heterocycles. The standard InChI is InChI=1S/C15H18N2/c1-2-16-10-6-5-8-14-12-17-11-13-7-3-4-9-15(13)14/h3-5,7-9,11-12,16H,2,6,10H2,1H3. The summed E-state index contributed by atoms with van der Waals surface area (Å²) < 4.78 is 0. The van der Waals surface area contributed by atoms with E-state index in [1.54, 1.807) is 0 Å². The van der Waals surface area contributed by atoms with Gasteiger partial charge in [-0.3, -0.25) is 4.98 Å². The van der Waals surface area contributed by atoms with Gasteiger partial charge < -0.3 is 5.32 Å². The average Bonchev–Trinajstić information content (AvgIpc) is 2.39. The molecule has 0 bridgehead atoms. The van der Waals surface area contributed by atoms with Crippen molar-refractivity contribution in [2.45, 2.75) is 13.3 Å². The topological polar surface area (TPSA) is 24.9 Å². The summed E-state index contributed by atoms with van der Waals surface area (Å²) in [6.45, 7) is 4.19. The molecule has 2 heteroatoms. The minimum Gasteiger partial charge on any atom is -0.317 e. The van der Waals surface area contributed by atoms with Crippen molar-refractivity contribution in [2.75, 3.05) is 13.1 Å². The van der Waals surface area contributed by atoms with Gasteiger partial charge in [0.15, 0.2) is 0 Å². The van der Waals surface area contributed by atoms with E-state index < -0.39 is 0 Å². The molecule has 0 aliphatic rings. The predicted octanol–water partition coefficient (Wildman–Crippen LogP) is 3.25. The van der Waals surface area contributed by atoms with Crippen LogP contribution in [0, 0.1) is 0 Å². The summed E-state index contributed by atoms with van der Waals surface area (Å²) in [7, 11) is 0. The minimum absolute atomic E-state index is 1.03.